The van der Waals surface area contributed by atoms with Crippen LogP contribution in [-0.4, -0.2) is 51.4 Å². The number of rotatable bonds is 10. The minimum atomic E-state index is -5.13. The van der Waals surface area contributed by atoms with Crippen LogP contribution in [0.2, 0.25) is 18.1 Å². The second-order valence-corrected chi connectivity index (χ2v) is 20.4. The van der Waals surface area contributed by atoms with Crippen LogP contribution in [0.5, 0.6) is 0 Å². The standard InChI is InChI=1S/C16H29N2O11P3S2Si/c1-10-8-18(15(20)17-14(10)19)13-7-11(12(26-13)9-25-35(5,6)16(2,3)4)27-30(33)28-32(24,34)29-31(21,22)23/h8,11-13H,7,9H2,1-6H3,(H3-,17,19,20,21,22,23,24,34)/p+1/t11-,12+,13+,32?/m0/s1. The molecule has 1 aliphatic rings. The Morgan fingerprint density at radius 2 is 1.91 bits per heavy atom. The highest BCUT2D eigenvalue weighted by Crippen LogP contribution is 2.62. The van der Waals surface area contributed by atoms with Gasteiger partial charge in [0, 0.05) is 18.2 Å². The molecule has 19 heteroatoms. The third-order valence-electron chi connectivity index (χ3n) is 5.65. The van der Waals surface area contributed by atoms with Crippen molar-refractivity contribution < 1.29 is 41.6 Å². The number of aromatic amines is 1. The van der Waals surface area contributed by atoms with E-state index in [9.17, 15) is 19.0 Å². The summed E-state index contributed by atoms with van der Waals surface area (Å²) in [6.45, 7) is 7.55. The Morgan fingerprint density at radius 3 is 2.46 bits per heavy atom. The summed E-state index contributed by atoms with van der Waals surface area (Å²) in [4.78, 5) is 54.0. The van der Waals surface area contributed by atoms with Crippen molar-refractivity contribution in [2.75, 3.05) is 6.61 Å². The Labute approximate surface area is 214 Å². The van der Waals surface area contributed by atoms with E-state index in [1.807, 2.05) is 0 Å². The maximum absolute atomic E-state index is 12.4. The van der Waals surface area contributed by atoms with E-state index >= 15 is 0 Å². The first-order valence-electron chi connectivity index (χ1n) is 10.3. The van der Waals surface area contributed by atoms with E-state index in [0.29, 0.717) is 5.56 Å². The van der Waals surface area contributed by atoms with Crippen LogP contribution in [0.15, 0.2) is 15.8 Å². The molecule has 5 atom stereocenters. The first kappa shape index (κ1) is 31.2. The molecule has 0 saturated carbocycles. The predicted octanol–water partition coefficient (Wildman–Crippen LogP) is 2.66. The monoisotopic (exact) mass is 611 g/mol. The van der Waals surface area contributed by atoms with Crippen molar-refractivity contribution in [2.45, 2.75) is 70.7 Å². The van der Waals surface area contributed by atoms with Gasteiger partial charge in [-0.2, -0.15) is 0 Å². The molecule has 0 aromatic carbocycles. The Hall–Kier alpha value is -0.0231. The zero-order valence-electron chi connectivity index (χ0n) is 19.9. The van der Waals surface area contributed by atoms with Crippen molar-refractivity contribution in [3.8, 4) is 0 Å². The summed E-state index contributed by atoms with van der Waals surface area (Å²) < 4.78 is 39.3. The zero-order chi connectivity index (χ0) is 27.0. The molecule has 2 rings (SSSR count). The quantitative estimate of drug-likeness (QED) is 0.224. The summed E-state index contributed by atoms with van der Waals surface area (Å²) in [6.07, 6.45) is -0.878. The number of aryl methyl sites for hydroxylation is 1. The number of ether oxygens (including phenoxy) is 1. The molecule has 1 saturated heterocycles. The Morgan fingerprint density at radius 1 is 1.31 bits per heavy atom. The molecule has 13 nitrogen and oxygen atoms in total. The van der Waals surface area contributed by atoms with Gasteiger partial charge in [0.05, 0.1) is 6.61 Å². The largest absolute Gasteiger partial charge is 0.531 e. The molecule has 0 aliphatic carbocycles. The fraction of sp³-hybridized carbons (Fsp3) is 0.750. The van der Waals surface area contributed by atoms with Crippen molar-refractivity contribution in [3.63, 3.8) is 0 Å². The van der Waals surface area contributed by atoms with E-state index < -0.39 is 59.7 Å². The molecule has 200 valence electrons. The molecule has 1 aromatic heterocycles. The molecular formula is C16H30N2O11P3S2Si+. The summed E-state index contributed by atoms with van der Waals surface area (Å²) in [7, 11) is -9.71. The van der Waals surface area contributed by atoms with Gasteiger partial charge >= 0.3 is 27.4 Å². The summed E-state index contributed by atoms with van der Waals surface area (Å²) in [6, 6.07) is 0. The van der Waals surface area contributed by atoms with Crippen LogP contribution in [0.4, 0.5) is 0 Å². The fourth-order valence-corrected chi connectivity index (χ4v) is 9.40. The smallest absolute Gasteiger partial charge is 0.414 e. The second kappa shape index (κ2) is 11.4. The SMILES string of the molecule is Cc1cn([C@H]2C[C@H](O[P+](=S)OP(O)(=S)OP(=O)(O)O)[C@@H](CO[Si](C)(C)C(C)(C)C)O2)c(=O)[nH]c1=O. The van der Waals surface area contributed by atoms with E-state index in [1.54, 1.807) is 6.92 Å². The van der Waals surface area contributed by atoms with Gasteiger partial charge < -0.3 is 23.8 Å². The molecule has 0 spiro atoms. The lowest BCUT2D eigenvalue weighted by Gasteiger charge is -2.37. The van der Waals surface area contributed by atoms with Crippen LogP contribution in [0.25, 0.3) is 0 Å². The van der Waals surface area contributed by atoms with Gasteiger partial charge in [0.25, 0.3) is 5.56 Å². The average molecular weight is 612 g/mol. The minimum absolute atomic E-state index is 0.0920. The fourth-order valence-electron chi connectivity index (χ4n) is 2.80. The predicted molar refractivity (Wildman–Crippen MR) is 138 cm³/mol. The molecule has 2 heterocycles. The van der Waals surface area contributed by atoms with Gasteiger partial charge in [-0.05, 0) is 36.9 Å². The number of hydrogen-bond donors (Lipinski definition) is 4. The van der Waals surface area contributed by atoms with Gasteiger partial charge in [-0.1, -0.05) is 25.1 Å². The highest BCUT2D eigenvalue weighted by molar-refractivity contribution is 8.12. The molecule has 1 aromatic rings. The first-order valence-corrected chi connectivity index (χ1v) is 19.5. The van der Waals surface area contributed by atoms with E-state index in [-0.39, 0.29) is 18.1 Å². The number of nitrogens with one attached hydrogen (secondary N) is 1. The molecule has 0 bridgehead atoms. The van der Waals surface area contributed by atoms with Crippen molar-refractivity contribution >= 4 is 53.6 Å². The number of nitrogens with zero attached hydrogens (tertiary/aromatic N) is 1. The number of hydrogen-bond acceptors (Lipinski definition) is 10. The lowest BCUT2D eigenvalue weighted by Crippen LogP contribution is -2.44. The third kappa shape index (κ3) is 9.04. The molecule has 35 heavy (non-hydrogen) atoms. The van der Waals surface area contributed by atoms with Gasteiger partial charge in [0.1, 0.15) is 18.4 Å². The normalized spacial score (nSPS) is 23.8. The van der Waals surface area contributed by atoms with Gasteiger partial charge in [-0.3, -0.25) is 14.3 Å². The van der Waals surface area contributed by atoms with Gasteiger partial charge in [-0.15, -0.1) is 4.52 Å². The number of phosphoric acid groups is 1. The van der Waals surface area contributed by atoms with E-state index in [0.717, 1.165) is 0 Å². The van der Waals surface area contributed by atoms with E-state index in [2.05, 4.69) is 55.0 Å². The average Bonchev–Trinajstić information content (AvgIpc) is 3.01. The van der Waals surface area contributed by atoms with Crippen molar-refractivity contribution in [1.82, 2.24) is 9.55 Å². The van der Waals surface area contributed by atoms with Gasteiger partial charge in [-0.25, -0.2) is 13.7 Å². The number of H-pyrrole nitrogens is 1. The van der Waals surface area contributed by atoms with Gasteiger partial charge in [0.2, 0.25) is 11.8 Å². The highest BCUT2D eigenvalue weighted by atomic mass is 32.5. The molecule has 1 aliphatic heterocycles. The van der Waals surface area contributed by atoms with Crippen LogP contribution in [0.3, 0.4) is 0 Å². The van der Waals surface area contributed by atoms with Crippen molar-refractivity contribution in [3.05, 3.63) is 32.6 Å². The summed E-state index contributed by atoms with van der Waals surface area (Å²) in [5.41, 5.74) is -0.889. The zero-order valence-corrected chi connectivity index (χ0v) is 25.3. The molecule has 4 N–H and O–H groups in total. The lowest BCUT2D eigenvalue weighted by atomic mass is 10.2. The second-order valence-electron chi connectivity index (χ2n) is 9.40. The van der Waals surface area contributed by atoms with Crippen LogP contribution >= 0.6 is 21.7 Å². The first-order chi connectivity index (χ1) is 15.7. The maximum Gasteiger partial charge on any atom is 0.531 e. The Kier molecular flexibility index (Phi) is 10.1. The maximum atomic E-state index is 12.4. The molecular weight excluding hydrogens is 581 g/mol. The number of aromatic nitrogens is 2. The summed E-state index contributed by atoms with van der Waals surface area (Å²) >= 11 is 9.68. The molecule has 2 unspecified atom stereocenters. The van der Waals surface area contributed by atoms with Crippen molar-refractivity contribution in [1.29, 1.82) is 0 Å². The van der Waals surface area contributed by atoms with Crippen LogP contribution in [-0.2, 0) is 50.5 Å². The van der Waals surface area contributed by atoms with Crippen molar-refractivity contribution in [2.24, 2.45) is 0 Å². The van der Waals surface area contributed by atoms with Crippen LogP contribution in [0.1, 0.15) is 39.0 Å². The van der Waals surface area contributed by atoms with E-state index in [4.69, 9.17) is 39.6 Å². The molecule has 0 radical (unpaired) electrons. The highest BCUT2D eigenvalue weighted by Gasteiger charge is 2.46. The van der Waals surface area contributed by atoms with Crippen LogP contribution < -0.4 is 11.2 Å². The lowest BCUT2D eigenvalue weighted by molar-refractivity contribution is -0.0388. The van der Waals surface area contributed by atoms with Gasteiger partial charge in [0.15, 0.2) is 8.32 Å². The van der Waals surface area contributed by atoms with E-state index in [1.165, 1.54) is 10.8 Å². The van der Waals surface area contributed by atoms with Crippen LogP contribution in [0, 0.1) is 6.92 Å². The molecule has 1 fully saturated rings. The topological polar surface area (TPSA) is 179 Å². The summed E-state index contributed by atoms with van der Waals surface area (Å²) in [5, 5.41) is -0.0920. The minimum Gasteiger partial charge on any atom is -0.414 e. The Bertz CT molecular complexity index is 1160. The molecule has 0 amide bonds. The summed E-state index contributed by atoms with van der Waals surface area (Å²) in [5.74, 6) is 0. The Balaban J connectivity index is 2.25. The third-order valence-corrected chi connectivity index (χ3v) is 15.7.